The van der Waals surface area contributed by atoms with Gasteiger partial charge in [0.15, 0.2) is 0 Å². The summed E-state index contributed by atoms with van der Waals surface area (Å²) >= 11 is 3.65. The van der Waals surface area contributed by atoms with Crippen molar-refractivity contribution in [2.24, 2.45) is 0 Å². The fourth-order valence-electron chi connectivity index (χ4n) is 4.71. The van der Waals surface area contributed by atoms with E-state index in [1.807, 2.05) is 6.07 Å². The van der Waals surface area contributed by atoms with Crippen molar-refractivity contribution >= 4 is 76.0 Å². The average Bonchev–Trinajstić information content (AvgIpc) is 3.33. The molecule has 0 aliphatic rings. The van der Waals surface area contributed by atoms with Crippen molar-refractivity contribution in [3.05, 3.63) is 77.3 Å². The lowest BCUT2D eigenvalue weighted by atomic mass is 10.0. The molecule has 0 bridgehead atoms. The third-order valence-corrected chi connectivity index (χ3v) is 6.26. The van der Waals surface area contributed by atoms with Crippen LogP contribution >= 0.6 is 15.9 Å². The van der Waals surface area contributed by atoms with Gasteiger partial charge in [-0.3, -0.25) is 0 Å². The molecule has 3 aromatic heterocycles. The van der Waals surface area contributed by atoms with E-state index in [-0.39, 0.29) is 0 Å². The number of hydrogen-bond donors (Lipinski definition) is 0. The van der Waals surface area contributed by atoms with E-state index in [4.69, 9.17) is 4.42 Å². The Hall–Kier alpha value is -3.04. The van der Waals surface area contributed by atoms with Crippen LogP contribution in [0.3, 0.4) is 0 Å². The van der Waals surface area contributed by atoms with Crippen LogP contribution in [0.15, 0.2) is 81.7 Å². The Morgan fingerprint density at radius 1 is 0.667 bits per heavy atom. The Morgan fingerprint density at radius 3 is 2.37 bits per heavy atom. The largest absolute Gasteiger partial charge is 0.455 e. The predicted octanol–water partition coefficient (Wildman–Crippen LogP) is 7.50. The van der Waals surface area contributed by atoms with E-state index < -0.39 is 0 Å². The maximum absolute atomic E-state index is 6.37. The molecule has 0 saturated carbocycles. The maximum atomic E-state index is 6.37. The molecule has 3 heteroatoms. The summed E-state index contributed by atoms with van der Waals surface area (Å²) < 4.78 is 9.85. The summed E-state index contributed by atoms with van der Waals surface area (Å²) in [6.45, 7) is 0. The minimum atomic E-state index is 0.942. The van der Waals surface area contributed by atoms with Crippen molar-refractivity contribution in [2.75, 3.05) is 0 Å². The number of benzene rings is 4. The van der Waals surface area contributed by atoms with Gasteiger partial charge in [0.05, 0.1) is 21.9 Å². The Kier molecular flexibility index (Phi) is 2.41. The van der Waals surface area contributed by atoms with Gasteiger partial charge in [-0.15, -0.1) is 0 Å². The summed E-state index contributed by atoms with van der Waals surface area (Å²) in [5.41, 5.74) is 5.63. The second kappa shape index (κ2) is 4.62. The number of nitrogens with zero attached hydrogens (tertiary/aromatic N) is 1. The molecule has 7 rings (SSSR count). The van der Waals surface area contributed by atoms with E-state index in [1.54, 1.807) is 0 Å². The smallest absolute Gasteiger partial charge is 0.145 e. The third-order valence-electron chi connectivity index (χ3n) is 5.77. The molecule has 7 aromatic rings. The summed E-state index contributed by atoms with van der Waals surface area (Å²) in [5, 5.41) is 7.35. The molecule has 27 heavy (non-hydrogen) atoms. The Morgan fingerprint density at radius 2 is 1.44 bits per heavy atom. The van der Waals surface area contributed by atoms with Crippen molar-refractivity contribution in [1.29, 1.82) is 0 Å². The highest BCUT2D eigenvalue weighted by Gasteiger charge is 2.22. The van der Waals surface area contributed by atoms with Crippen molar-refractivity contribution < 1.29 is 4.42 Å². The molecule has 0 aliphatic heterocycles. The van der Waals surface area contributed by atoms with Crippen LogP contribution in [0, 0.1) is 0 Å². The molecular weight excluding hydrogens is 398 g/mol. The Labute approximate surface area is 162 Å². The molecule has 0 N–H and O–H groups in total. The van der Waals surface area contributed by atoms with Gasteiger partial charge in [0.1, 0.15) is 11.2 Å². The molecule has 2 nitrogen and oxygen atoms in total. The van der Waals surface area contributed by atoms with Crippen LogP contribution in [0.4, 0.5) is 0 Å². The van der Waals surface area contributed by atoms with Gasteiger partial charge in [-0.05, 0) is 36.4 Å². The zero-order valence-corrected chi connectivity index (χ0v) is 15.7. The summed E-state index contributed by atoms with van der Waals surface area (Å²) in [7, 11) is 0. The summed E-state index contributed by atoms with van der Waals surface area (Å²) in [4.78, 5) is 0. The van der Waals surface area contributed by atoms with Crippen LogP contribution in [-0.4, -0.2) is 4.40 Å². The second-order valence-corrected chi connectivity index (χ2v) is 8.05. The molecule has 0 atom stereocenters. The standard InChI is InChI=1S/C24H12BrNO/c25-13-9-10-20-16(11-13)17-12-18-14-5-2-4-8-21(14)27-24(18)22-15-6-1-3-7-19(15)26(20)23(17)22/h1-12H. The first kappa shape index (κ1) is 14.1. The minimum Gasteiger partial charge on any atom is -0.455 e. The molecule has 0 aliphatic carbocycles. The monoisotopic (exact) mass is 409 g/mol. The van der Waals surface area contributed by atoms with E-state index in [2.05, 4.69) is 87.1 Å². The normalized spacial score (nSPS) is 12.6. The zero-order valence-electron chi connectivity index (χ0n) is 14.2. The second-order valence-electron chi connectivity index (χ2n) is 7.14. The number of rotatable bonds is 0. The van der Waals surface area contributed by atoms with Crippen LogP contribution in [0.1, 0.15) is 0 Å². The number of para-hydroxylation sites is 2. The highest BCUT2D eigenvalue weighted by atomic mass is 79.9. The van der Waals surface area contributed by atoms with E-state index in [9.17, 15) is 0 Å². The van der Waals surface area contributed by atoms with Crippen LogP contribution in [-0.2, 0) is 0 Å². The van der Waals surface area contributed by atoms with Crippen LogP contribution in [0.25, 0.3) is 60.0 Å². The van der Waals surface area contributed by atoms with E-state index in [0.29, 0.717) is 0 Å². The molecule has 0 spiro atoms. The molecule has 126 valence electrons. The van der Waals surface area contributed by atoms with Gasteiger partial charge >= 0.3 is 0 Å². The summed E-state index contributed by atoms with van der Waals surface area (Å²) in [6.07, 6.45) is 0. The quantitative estimate of drug-likeness (QED) is 0.253. The highest BCUT2D eigenvalue weighted by Crippen LogP contribution is 2.45. The van der Waals surface area contributed by atoms with Crippen molar-refractivity contribution in [3.63, 3.8) is 0 Å². The summed E-state index contributed by atoms with van der Waals surface area (Å²) in [6, 6.07) is 25.8. The van der Waals surface area contributed by atoms with E-state index in [0.717, 1.165) is 15.6 Å². The Bertz CT molecular complexity index is 1690. The van der Waals surface area contributed by atoms with Crippen molar-refractivity contribution in [1.82, 2.24) is 4.40 Å². The summed E-state index contributed by atoms with van der Waals surface area (Å²) in [5.74, 6) is 0. The molecule has 0 unspecified atom stereocenters. The van der Waals surface area contributed by atoms with Crippen LogP contribution < -0.4 is 0 Å². The maximum Gasteiger partial charge on any atom is 0.145 e. The highest BCUT2D eigenvalue weighted by molar-refractivity contribution is 9.10. The van der Waals surface area contributed by atoms with E-state index >= 15 is 0 Å². The Balaban J connectivity index is 1.94. The number of fused-ring (bicyclic) bond motifs is 10. The van der Waals surface area contributed by atoms with Crippen LogP contribution in [0.2, 0.25) is 0 Å². The minimum absolute atomic E-state index is 0.942. The first-order valence-electron chi connectivity index (χ1n) is 8.99. The van der Waals surface area contributed by atoms with E-state index in [1.165, 1.54) is 48.9 Å². The fourth-order valence-corrected chi connectivity index (χ4v) is 5.07. The lowest BCUT2D eigenvalue weighted by Gasteiger charge is -1.98. The first-order valence-corrected chi connectivity index (χ1v) is 9.78. The third kappa shape index (κ3) is 1.58. The van der Waals surface area contributed by atoms with Gasteiger partial charge < -0.3 is 8.82 Å². The lowest BCUT2D eigenvalue weighted by molar-refractivity contribution is 0.673. The molecule has 4 aromatic carbocycles. The van der Waals surface area contributed by atoms with Crippen molar-refractivity contribution in [2.45, 2.75) is 0 Å². The van der Waals surface area contributed by atoms with Gasteiger partial charge in [-0.1, -0.05) is 52.3 Å². The fraction of sp³-hybridized carbons (Fsp3) is 0. The molecular formula is C24H12BrNO. The molecule has 0 saturated heterocycles. The van der Waals surface area contributed by atoms with Crippen molar-refractivity contribution in [3.8, 4) is 0 Å². The van der Waals surface area contributed by atoms with Gasteiger partial charge in [0.25, 0.3) is 0 Å². The number of hydrogen-bond acceptors (Lipinski definition) is 1. The lowest BCUT2D eigenvalue weighted by Crippen LogP contribution is -1.79. The van der Waals surface area contributed by atoms with Crippen LogP contribution in [0.5, 0.6) is 0 Å². The predicted molar refractivity (Wildman–Crippen MR) is 116 cm³/mol. The molecule has 0 fully saturated rings. The van der Waals surface area contributed by atoms with Gasteiger partial charge in [-0.2, -0.15) is 0 Å². The zero-order chi connectivity index (χ0) is 17.7. The number of furan rings is 1. The van der Waals surface area contributed by atoms with Gasteiger partial charge in [0.2, 0.25) is 0 Å². The number of halogens is 1. The SMILES string of the molecule is Brc1ccc2c(c1)c1cc3c4ccccc4oc3c3c4ccccc4n2c13. The van der Waals surface area contributed by atoms with Gasteiger partial charge in [0, 0.05) is 31.4 Å². The average molecular weight is 410 g/mol. The first-order chi connectivity index (χ1) is 13.3. The molecule has 0 amide bonds. The van der Waals surface area contributed by atoms with Gasteiger partial charge in [-0.25, -0.2) is 0 Å². The topological polar surface area (TPSA) is 17.6 Å². The molecule has 3 heterocycles. The number of aromatic nitrogens is 1. The molecule has 0 radical (unpaired) electrons.